The van der Waals surface area contributed by atoms with Crippen LogP contribution in [0, 0.1) is 0 Å². The van der Waals surface area contributed by atoms with Crippen LogP contribution >= 0.6 is 28.6 Å². The average Bonchev–Trinajstić information content (AvgIpc) is 0.819. The van der Waals surface area contributed by atoms with Gasteiger partial charge in [-0.2, -0.15) is 0 Å². The molecular formula is C78H56O4P4. The molecule has 0 aliphatic carbocycles. The highest BCUT2D eigenvalue weighted by Crippen LogP contribution is 2.53. The van der Waals surface area contributed by atoms with E-state index in [9.17, 15) is 0 Å². The predicted molar refractivity (Wildman–Crippen MR) is 367 cm³/mol. The second kappa shape index (κ2) is 22.7. The Balaban J connectivity index is 1.04. The first-order valence-electron chi connectivity index (χ1n) is 28.7. The topological polar surface area (TPSA) is 68.3 Å². The van der Waals surface area contributed by atoms with Gasteiger partial charge < -0.3 is 18.3 Å². The molecule has 0 aliphatic rings. The van der Waals surface area contributed by atoms with Gasteiger partial charge in [0.15, 0.2) is 28.6 Å². The summed E-state index contributed by atoms with van der Waals surface area (Å²) in [5, 5.41) is 13.1. The van der Waals surface area contributed by atoms with Crippen molar-refractivity contribution in [1.82, 2.24) is 0 Å². The Morgan fingerprint density at radius 3 is 0.860 bits per heavy atom. The van der Waals surface area contributed by atoms with E-state index < -0.39 is 28.6 Å². The summed E-state index contributed by atoms with van der Waals surface area (Å²) in [5.74, 6) is 0. The second-order valence-electron chi connectivity index (χ2n) is 21.6. The second-order valence-corrected chi connectivity index (χ2v) is 32.5. The Morgan fingerprint density at radius 1 is 0.174 bits per heavy atom. The van der Waals surface area contributed by atoms with Gasteiger partial charge in [-0.05, 0) is 67.7 Å². The normalized spacial score (nSPS) is 12.7. The first-order chi connectivity index (χ1) is 42.2. The summed E-state index contributed by atoms with van der Waals surface area (Å²) < 4.78 is 67.7. The van der Waals surface area contributed by atoms with Crippen LogP contribution in [0.1, 0.15) is 0 Å². The van der Waals surface area contributed by atoms with Crippen LogP contribution in [-0.4, -0.2) is 0 Å². The molecule has 0 saturated heterocycles. The van der Waals surface area contributed by atoms with Crippen molar-refractivity contribution in [2.75, 3.05) is 0 Å². The molecule has 0 saturated carbocycles. The van der Waals surface area contributed by atoms with Crippen molar-refractivity contribution in [2.24, 2.45) is 0 Å². The van der Waals surface area contributed by atoms with E-state index in [-0.39, 0.29) is 0 Å². The zero-order chi connectivity index (χ0) is 58.3. The lowest BCUT2D eigenvalue weighted by Crippen LogP contribution is -2.30. The van der Waals surface area contributed by atoms with Crippen LogP contribution in [0.2, 0.25) is 0 Å². The van der Waals surface area contributed by atoms with E-state index in [4.69, 9.17) is 0 Å². The molecule has 0 heterocycles. The number of rotatable bonds is 14. The molecule has 14 rings (SSSR count). The van der Waals surface area contributed by atoms with Crippen molar-refractivity contribution in [1.29, 1.82) is 0 Å². The summed E-state index contributed by atoms with van der Waals surface area (Å²) in [5.41, 5.74) is 3.13. The highest BCUT2D eigenvalue weighted by atomic mass is 31.2. The van der Waals surface area contributed by atoms with Gasteiger partial charge in [-0.3, -0.25) is 0 Å². The van der Waals surface area contributed by atoms with Gasteiger partial charge in [0.1, 0.15) is 0 Å². The minimum absolute atomic E-state index is 0.617. The molecule has 0 radical (unpaired) electrons. The smallest absolute Gasteiger partial charge is 0.171 e. The maximum atomic E-state index is 17.3. The third kappa shape index (κ3) is 9.16. The van der Waals surface area contributed by atoms with Crippen molar-refractivity contribution >= 4 is 125 Å². The fraction of sp³-hybridized carbons (Fsp3) is 0. The van der Waals surface area contributed by atoms with Crippen molar-refractivity contribution in [3.8, 4) is 22.3 Å². The summed E-state index contributed by atoms with van der Waals surface area (Å²) in [6.07, 6.45) is 0. The average molecular weight is 1180 g/mol. The van der Waals surface area contributed by atoms with E-state index >= 15 is 18.3 Å². The number of fused-ring (bicyclic) bond motifs is 3. The Morgan fingerprint density at radius 2 is 0.453 bits per heavy atom. The van der Waals surface area contributed by atoms with Crippen LogP contribution in [0.3, 0.4) is 0 Å². The third-order valence-corrected chi connectivity index (χ3v) is 29.2. The van der Waals surface area contributed by atoms with E-state index in [0.717, 1.165) is 65.2 Å². The first-order valence-corrected chi connectivity index (χ1v) is 35.6. The van der Waals surface area contributed by atoms with Crippen molar-refractivity contribution in [3.63, 3.8) is 0 Å². The predicted octanol–water partition coefficient (Wildman–Crippen LogP) is 15.0. The summed E-state index contributed by atoms with van der Waals surface area (Å²) in [6.45, 7) is 0. The van der Waals surface area contributed by atoms with Gasteiger partial charge >= 0.3 is 0 Å². The highest BCUT2D eigenvalue weighted by Gasteiger charge is 2.39. The Labute approximate surface area is 501 Å². The molecule has 0 spiro atoms. The van der Waals surface area contributed by atoms with Gasteiger partial charge in [-0.15, -0.1) is 0 Å². The fourth-order valence-corrected chi connectivity index (χ4v) is 24.2. The maximum Gasteiger partial charge on any atom is 0.171 e. The molecule has 86 heavy (non-hydrogen) atoms. The molecule has 14 aromatic rings. The minimum Gasteiger partial charge on any atom is -0.309 e. The van der Waals surface area contributed by atoms with Crippen LogP contribution in [0.15, 0.2) is 340 Å². The van der Waals surface area contributed by atoms with Crippen LogP contribution in [0.5, 0.6) is 0 Å². The zero-order valence-electron chi connectivity index (χ0n) is 46.8. The molecule has 0 amide bonds. The van der Waals surface area contributed by atoms with E-state index in [2.05, 4.69) is 54.6 Å². The van der Waals surface area contributed by atoms with Crippen molar-refractivity contribution in [2.45, 2.75) is 0 Å². The SMILES string of the molecule is O=P(c1ccccc1)(c1ccccc1)c1ccc2ccccc2c1-c1c(P(=O)(c2ccccc2)c2ccccc2)ccc2ccc(-c3cccc(P(=O)(c4ccccc4)c4cccc5c(P(=O)(c6ccccc6)c6ccccc6)cccc45)c3)cc12. The molecule has 0 N–H and O–H groups in total. The molecule has 0 bridgehead atoms. The molecule has 0 aromatic heterocycles. The highest BCUT2D eigenvalue weighted by molar-refractivity contribution is 7.87. The lowest BCUT2D eigenvalue weighted by molar-refractivity contribution is 0.591. The third-order valence-electron chi connectivity index (χ3n) is 16.8. The molecular weight excluding hydrogens is 1120 g/mol. The van der Waals surface area contributed by atoms with Gasteiger partial charge in [0, 0.05) is 74.8 Å². The number of benzene rings is 14. The molecule has 0 fully saturated rings. The van der Waals surface area contributed by atoms with E-state index in [0.29, 0.717) is 53.0 Å². The standard InChI is InChI=1S/C78H56O4P4/c79-83(61-29-8-1-9-30-61,62-31-10-2-11-32-62)73-47-25-46-71-70(73)45-26-48-74(71)86(82,67-41-20-7-21-42-67)68-43-24-28-59(55-68)60-50-49-58-52-54-76(85(81,65-37-16-5-17-38-65)66-39-18-6-19-40-66)78(72(58)56-60)77-69-44-23-22-27-57(69)51-53-75(77)84(80,63-33-12-3-13-34-63)64-35-14-4-15-36-64/h1-56H. The van der Waals surface area contributed by atoms with E-state index in [1.807, 2.05) is 285 Å². The zero-order valence-corrected chi connectivity index (χ0v) is 50.3. The van der Waals surface area contributed by atoms with Gasteiger partial charge in [0.25, 0.3) is 0 Å². The van der Waals surface area contributed by atoms with Crippen molar-refractivity contribution < 1.29 is 18.3 Å². The van der Waals surface area contributed by atoms with Crippen LogP contribution < -0.4 is 63.7 Å². The lowest BCUT2D eigenvalue weighted by Gasteiger charge is -2.28. The Bertz CT molecular complexity index is 4910. The first kappa shape index (κ1) is 54.7. The summed E-state index contributed by atoms with van der Waals surface area (Å²) in [4.78, 5) is 0. The fourth-order valence-electron chi connectivity index (χ4n) is 12.7. The Hall–Kier alpha value is -9.22. The minimum atomic E-state index is -3.78. The van der Waals surface area contributed by atoms with Crippen molar-refractivity contribution in [3.05, 3.63) is 340 Å². The van der Waals surface area contributed by atoms with Crippen LogP contribution in [0.25, 0.3) is 54.6 Å². The number of hydrogen-bond donors (Lipinski definition) is 0. The quantitative estimate of drug-likeness (QED) is 0.102. The molecule has 412 valence electrons. The molecule has 4 nitrogen and oxygen atoms in total. The number of hydrogen-bond acceptors (Lipinski definition) is 4. The maximum absolute atomic E-state index is 17.3. The summed E-state index contributed by atoms with van der Waals surface area (Å²) in [7, 11) is -14.7. The van der Waals surface area contributed by atoms with E-state index in [1.165, 1.54) is 0 Å². The largest absolute Gasteiger partial charge is 0.309 e. The monoisotopic (exact) mass is 1180 g/mol. The van der Waals surface area contributed by atoms with Gasteiger partial charge in [0.05, 0.1) is 0 Å². The van der Waals surface area contributed by atoms with Crippen LogP contribution in [-0.2, 0) is 18.3 Å². The van der Waals surface area contributed by atoms with Gasteiger partial charge in [-0.25, -0.2) is 0 Å². The molecule has 14 aromatic carbocycles. The summed E-state index contributed by atoms with van der Waals surface area (Å²) >= 11 is 0. The van der Waals surface area contributed by atoms with Gasteiger partial charge in [-0.1, -0.05) is 315 Å². The molecule has 0 aliphatic heterocycles. The molecule has 1 unspecified atom stereocenters. The van der Waals surface area contributed by atoms with Crippen LogP contribution in [0.4, 0.5) is 0 Å². The van der Waals surface area contributed by atoms with E-state index in [1.54, 1.807) is 0 Å². The van der Waals surface area contributed by atoms with Gasteiger partial charge in [0.2, 0.25) is 0 Å². The lowest BCUT2D eigenvalue weighted by atomic mass is 9.92. The molecule has 8 heteroatoms. The Kier molecular flexibility index (Phi) is 14.4. The summed E-state index contributed by atoms with van der Waals surface area (Å²) in [6, 6.07) is 111. The molecule has 1 atom stereocenters.